The van der Waals surface area contributed by atoms with Gasteiger partial charge in [0.25, 0.3) is 0 Å². The zero-order valence-corrected chi connectivity index (χ0v) is 33.4. The van der Waals surface area contributed by atoms with Gasteiger partial charge in [0.05, 0.1) is 43.7 Å². The number of fused-ring (bicyclic) bond motifs is 3. The Balaban J connectivity index is 1.06. The van der Waals surface area contributed by atoms with Crippen molar-refractivity contribution in [3.8, 4) is 11.1 Å². The molecule has 9 atom stereocenters. The molecule has 53 heavy (non-hydrogen) atoms. The first kappa shape index (κ1) is 41.5. The molecule has 1 aliphatic carbocycles. The Bertz CT molecular complexity index is 1510. The summed E-state index contributed by atoms with van der Waals surface area (Å²) in [5.41, 5.74) is 4.73. The Morgan fingerprint density at radius 1 is 0.792 bits per heavy atom. The van der Waals surface area contributed by atoms with E-state index in [1.807, 2.05) is 65.8 Å². The Labute approximate surface area is 315 Å². The topological polar surface area (TPSA) is 128 Å². The number of methoxy groups -OCH3 is 1. The number of alkyl carbamates (subject to hydrolysis) is 1. The molecule has 1 amide bonds. The number of amides is 1. The van der Waals surface area contributed by atoms with E-state index in [9.17, 15) is 14.2 Å². The molecule has 0 spiro atoms. The van der Waals surface area contributed by atoms with Crippen molar-refractivity contribution in [2.24, 2.45) is 11.8 Å². The highest BCUT2D eigenvalue weighted by Crippen LogP contribution is 2.53. The zero-order valence-electron chi connectivity index (χ0n) is 32.5. The Morgan fingerprint density at radius 2 is 1.43 bits per heavy atom. The van der Waals surface area contributed by atoms with Gasteiger partial charge in [-0.3, -0.25) is 9.36 Å². The van der Waals surface area contributed by atoms with Crippen LogP contribution in [0.3, 0.4) is 0 Å². The van der Waals surface area contributed by atoms with E-state index in [0.29, 0.717) is 13.0 Å². The zero-order chi connectivity index (χ0) is 38.1. The van der Waals surface area contributed by atoms with Crippen molar-refractivity contribution in [1.82, 2.24) is 5.32 Å². The highest BCUT2D eigenvalue weighted by atomic mass is 31.2. The number of carbonyl (C=O) groups excluding carboxylic acids is 2. The van der Waals surface area contributed by atoms with Crippen LogP contribution < -0.4 is 5.32 Å². The maximum Gasteiger partial charge on any atom is 0.407 e. The summed E-state index contributed by atoms with van der Waals surface area (Å²) in [4.78, 5) is 25.8. The smallest absolute Gasteiger partial charge is 0.407 e. The molecule has 2 fully saturated rings. The van der Waals surface area contributed by atoms with Gasteiger partial charge in [0.15, 0.2) is 0 Å². The van der Waals surface area contributed by atoms with E-state index in [1.165, 1.54) is 22.3 Å². The third-order valence-corrected chi connectivity index (χ3v) is 12.8. The first-order valence-corrected chi connectivity index (χ1v) is 21.1. The second-order valence-electron chi connectivity index (χ2n) is 15.1. The lowest BCUT2D eigenvalue weighted by atomic mass is 9.98. The van der Waals surface area contributed by atoms with Gasteiger partial charge in [0, 0.05) is 37.8 Å². The summed E-state index contributed by atoms with van der Waals surface area (Å²) in [6, 6.07) is 16.5. The van der Waals surface area contributed by atoms with Crippen LogP contribution in [0.25, 0.3) is 11.1 Å². The fraction of sp³-hybridized carbons (Fsp3) is 0.659. The van der Waals surface area contributed by atoms with Crippen LogP contribution >= 0.6 is 7.60 Å². The molecule has 2 heterocycles. The maximum atomic E-state index is 14.4. The summed E-state index contributed by atoms with van der Waals surface area (Å²) in [6.45, 7) is 12.9. The molecule has 11 nitrogen and oxygen atoms in total. The van der Waals surface area contributed by atoms with Crippen LogP contribution in [0, 0.1) is 11.8 Å². The molecule has 0 saturated carbocycles. The minimum Gasteiger partial charge on any atom is -0.449 e. The summed E-state index contributed by atoms with van der Waals surface area (Å²) in [6.07, 6.45) is 0.761. The molecule has 5 rings (SSSR count). The highest BCUT2D eigenvalue weighted by molar-refractivity contribution is 7.54. The lowest BCUT2D eigenvalue weighted by Gasteiger charge is -2.28. The molecule has 2 aromatic carbocycles. The molecule has 2 aromatic rings. The average molecular weight is 758 g/mol. The molecule has 2 aliphatic heterocycles. The van der Waals surface area contributed by atoms with Crippen LogP contribution in [-0.4, -0.2) is 94.2 Å². The Hall–Kier alpha value is -2.63. The summed E-state index contributed by atoms with van der Waals surface area (Å²) in [5.74, 6) is -0.228. The standard InChI is InChI=1S/C41H60NO10P/c1-26(2)47-23-38-40(27(3)29(5)50-38)52-53(45,49-24-37-28(4)39(46-7)30(6)51-37)25-31(43)16-10-8-9-15-21-42-41(44)48-22-36-34-19-13-11-17-32(34)33-18-12-14-20-35(33)36/h11-14,17-20,26-30,36-40H,8-10,15-16,21-25H2,1-7H3,(H,42,44)/t27-,28?,29-,30+,37-,38?,39-,40-,53?/m0/s1. The van der Waals surface area contributed by atoms with Crippen molar-refractivity contribution >= 4 is 19.5 Å². The molecule has 0 aromatic heterocycles. The van der Waals surface area contributed by atoms with Crippen LogP contribution in [-0.2, 0) is 42.1 Å². The molecule has 3 unspecified atom stereocenters. The summed E-state index contributed by atoms with van der Waals surface area (Å²) < 4.78 is 56.1. The molecule has 1 N–H and O–H groups in total. The van der Waals surface area contributed by atoms with Crippen LogP contribution in [0.15, 0.2) is 48.5 Å². The molecule has 0 radical (unpaired) electrons. The predicted molar refractivity (Wildman–Crippen MR) is 203 cm³/mol. The van der Waals surface area contributed by atoms with E-state index in [-0.39, 0.29) is 86.5 Å². The fourth-order valence-electron chi connectivity index (χ4n) is 7.80. The number of rotatable bonds is 20. The third-order valence-electron chi connectivity index (χ3n) is 10.9. The monoisotopic (exact) mass is 757 g/mol. The molecule has 0 bridgehead atoms. The van der Waals surface area contributed by atoms with Crippen LogP contribution in [0.1, 0.15) is 90.7 Å². The number of benzene rings is 2. The van der Waals surface area contributed by atoms with Crippen molar-refractivity contribution in [2.75, 3.05) is 39.6 Å². The van der Waals surface area contributed by atoms with Gasteiger partial charge in [-0.05, 0) is 62.8 Å². The number of Topliss-reactive ketones (excluding diaryl/α,β-unsaturated/α-hetero) is 1. The van der Waals surface area contributed by atoms with Gasteiger partial charge in [-0.25, -0.2) is 4.79 Å². The second kappa shape index (κ2) is 19.3. The van der Waals surface area contributed by atoms with E-state index in [2.05, 4.69) is 29.6 Å². The lowest BCUT2D eigenvalue weighted by molar-refractivity contribution is -0.117. The number of nitrogens with one attached hydrogen (secondary N) is 1. The van der Waals surface area contributed by atoms with Crippen molar-refractivity contribution in [2.45, 2.75) is 122 Å². The van der Waals surface area contributed by atoms with Crippen molar-refractivity contribution in [3.05, 3.63) is 59.7 Å². The average Bonchev–Trinajstić information content (AvgIpc) is 3.71. The molecule has 294 valence electrons. The van der Waals surface area contributed by atoms with Crippen molar-refractivity contribution in [3.63, 3.8) is 0 Å². The van der Waals surface area contributed by atoms with Gasteiger partial charge in [-0.15, -0.1) is 0 Å². The largest absolute Gasteiger partial charge is 0.449 e. The number of hydrogen-bond acceptors (Lipinski definition) is 10. The summed E-state index contributed by atoms with van der Waals surface area (Å²) in [5, 5.41) is 2.86. The van der Waals surface area contributed by atoms with E-state index < -0.39 is 25.9 Å². The van der Waals surface area contributed by atoms with Crippen LogP contribution in [0.2, 0.25) is 0 Å². The minimum atomic E-state index is -3.90. The second-order valence-corrected chi connectivity index (χ2v) is 17.2. The predicted octanol–water partition coefficient (Wildman–Crippen LogP) is 7.93. The molecule has 12 heteroatoms. The highest BCUT2D eigenvalue weighted by Gasteiger charge is 2.47. The summed E-state index contributed by atoms with van der Waals surface area (Å²) in [7, 11) is -2.24. The number of carbonyl (C=O) groups is 2. The molecular formula is C41H60NO10P. The van der Waals surface area contributed by atoms with E-state index in [0.717, 1.165) is 19.3 Å². The van der Waals surface area contributed by atoms with Crippen molar-refractivity contribution in [1.29, 1.82) is 0 Å². The first-order valence-electron chi connectivity index (χ1n) is 19.4. The third kappa shape index (κ3) is 10.8. The van der Waals surface area contributed by atoms with Gasteiger partial charge in [0.2, 0.25) is 0 Å². The first-order chi connectivity index (χ1) is 25.4. The van der Waals surface area contributed by atoms with Crippen LogP contribution in [0.5, 0.6) is 0 Å². The van der Waals surface area contributed by atoms with E-state index in [4.69, 9.17) is 32.7 Å². The number of ether oxygens (including phenoxy) is 5. The van der Waals surface area contributed by atoms with Gasteiger partial charge in [-0.2, -0.15) is 0 Å². The number of unbranched alkanes of at least 4 members (excludes halogenated alkanes) is 3. The summed E-state index contributed by atoms with van der Waals surface area (Å²) >= 11 is 0. The van der Waals surface area contributed by atoms with Gasteiger partial charge >= 0.3 is 13.7 Å². The van der Waals surface area contributed by atoms with Gasteiger partial charge < -0.3 is 38.0 Å². The fourth-order valence-corrected chi connectivity index (χ4v) is 9.69. The van der Waals surface area contributed by atoms with E-state index in [1.54, 1.807) is 7.11 Å². The minimum absolute atomic E-state index is 0.00415. The van der Waals surface area contributed by atoms with Gasteiger partial charge in [0.1, 0.15) is 30.8 Å². The van der Waals surface area contributed by atoms with Gasteiger partial charge in [-0.1, -0.05) is 75.2 Å². The molecule has 2 saturated heterocycles. The Kier molecular flexibility index (Phi) is 15.1. The Morgan fingerprint density at radius 3 is 2.08 bits per heavy atom. The SMILES string of the molecule is CO[C@H]1C(C)[C@H](COP(=O)(CC(=O)CCCCCCNC(=O)OCC2c3ccccc3-c3ccccc32)O[C@@H]2C(COC(C)C)O[C@@H](C)[C@@H]2C)O[C@@H]1C. The van der Waals surface area contributed by atoms with Crippen molar-refractivity contribution < 1.29 is 46.9 Å². The maximum absolute atomic E-state index is 14.4. The van der Waals surface area contributed by atoms with Crippen LogP contribution in [0.4, 0.5) is 4.79 Å². The normalized spacial score (nSPS) is 27.8. The number of hydrogen-bond donors (Lipinski definition) is 1. The molecule has 3 aliphatic rings. The number of ketones is 1. The van der Waals surface area contributed by atoms with E-state index >= 15 is 0 Å². The molecular weight excluding hydrogens is 697 g/mol. The lowest BCUT2D eigenvalue weighted by Crippen LogP contribution is -2.34. The quantitative estimate of drug-likeness (QED) is 0.105.